The standard InChI is InChI=1S/C20H25N7O2/c1-20(2,3)17-13(7-6-10-27(17)19(28)29)22-15-12-21-11-14(23-15)18-25-24-16-8-4-5-9-26(16)18/h4-5,8-9,11-13,17H,6-7,10H2,1-3H3,(H,22,23)(H,28,29)/t13-,17?/m1/s1. The van der Waals surface area contributed by atoms with E-state index in [9.17, 15) is 9.90 Å². The van der Waals surface area contributed by atoms with Crippen molar-refractivity contribution < 1.29 is 9.90 Å². The fourth-order valence-electron chi connectivity index (χ4n) is 4.18. The predicted octanol–water partition coefficient (Wildman–Crippen LogP) is 3.16. The zero-order valence-corrected chi connectivity index (χ0v) is 16.8. The van der Waals surface area contributed by atoms with E-state index in [2.05, 4.69) is 46.3 Å². The molecule has 0 aliphatic carbocycles. The number of likely N-dealkylation sites (tertiary alicyclic amines) is 1. The molecular formula is C20H25N7O2. The summed E-state index contributed by atoms with van der Waals surface area (Å²) in [5, 5.41) is 21.5. The molecule has 3 aromatic rings. The maximum absolute atomic E-state index is 11.8. The number of nitrogens with zero attached hydrogens (tertiary/aromatic N) is 6. The third-order valence-corrected chi connectivity index (χ3v) is 5.27. The number of nitrogens with one attached hydrogen (secondary N) is 1. The van der Waals surface area contributed by atoms with Gasteiger partial charge >= 0.3 is 6.09 Å². The van der Waals surface area contributed by atoms with Crippen molar-refractivity contribution >= 4 is 17.6 Å². The average molecular weight is 395 g/mol. The molecule has 29 heavy (non-hydrogen) atoms. The summed E-state index contributed by atoms with van der Waals surface area (Å²) < 4.78 is 1.86. The van der Waals surface area contributed by atoms with E-state index >= 15 is 0 Å². The van der Waals surface area contributed by atoms with Crippen molar-refractivity contribution in [3.05, 3.63) is 36.8 Å². The van der Waals surface area contributed by atoms with Crippen molar-refractivity contribution in [2.75, 3.05) is 11.9 Å². The van der Waals surface area contributed by atoms with Crippen molar-refractivity contribution in [3.63, 3.8) is 0 Å². The molecule has 2 N–H and O–H groups in total. The number of carbonyl (C=O) groups is 1. The van der Waals surface area contributed by atoms with E-state index in [1.165, 1.54) is 0 Å². The molecule has 0 radical (unpaired) electrons. The summed E-state index contributed by atoms with van der Waals surface area (Å²) in [6.45, 7) is 6.75. The second kappa shape index (κ2) is 7.31. The van der Waals surface area contributed by atoms with Gasteiger partial charge in [0.05, 0.1) is 18.4 Å². The first-order valence-corrected chi connectivity index (χ1v) is 9.73. The minimum absolute atomic E-state index is 0.0560. The van der Waals surface area contributed by atoms with Crippen LogP contribution in [0.2, 0.25) is 0 Å². The molecule has 3 aromatic heterocycles. The zero-order valence-electron chi connectivity index (χ0n) is 16.8. The Bertz CT molecular complexity index is 1030. The van der Waals surface area contributed by atoms with Crippen LogP contribution in [-0.2, 0) is 0 Å². The number of anilines is 1. The van der Waals surface area contributed by atoms with Crippen LogP contribution >= 0.6 is 0 Å². The summed E-state index contributed by atoms with van der Waals surface area (Å²) in [5.74, 6) is 1.21. The lowest BCUT2D eigenvalue weighted by Crippen LogP contribution is -2.58. The van der Waals surface area contributed by atoms with Crippen molar-refractivity contribution in [2.24, 2.45) is 5.41 Å². The summed E-state index contributed by atoms with van der Waals surface area (Å²) in [5.41, 5.74) is 1.12. The van der Waals surface area contributed by atoms with Crippen LogP contribution in [0, 0.1) is 5.41 Å². The minimum Gasteiger partial charge on any atom is -0.465 e. The van der Waals surface area contributed by atoms with E-state index in [-0.39, 0.29) is 17.5 Å². The van der Waals surface area contributed by atoms with E-state index in [1.54, 1.807) is 17.3 Å². The van der Waals surface area contributed by atoms with Gasteiger partial charge in [-0.1, -0.05) is 26.8 Å². The Morgan fingerprint density at radius 3 is 2.83 bits per heavy atom. The van der Waals surface area contributed by atoms with Crippen LogP contribution in [0.1, 0.15) is 33.6 Å². The van der Waals surface area contributed by atoms with Crippen LogP contribution in [0.5, 0.6) is 0 Å². The molecule has 4 rings (SSSR count). The van der Waals surface area contributed by atoms with Gasteiger partial charge in [0.2, 0.25) is 0 Å². The lowest BCUT2D eigenvalue weighted by atomic mass is 9.77. The van der Waals surface area contributed by atoms with Crippen molar-refractivity contribution in [3.8, 4) is 11.5 Å². The summed E-state index contributed by atoms with van der Waals surface area (Å²) in [4.78, 5) is 22.3. The molecule has 1 aliphatic heterocycles. The Labute approximate surface area is 168 Å². The van der Waals surface area contributed by atoms with Crippen molar-refractivity contribution in [1.29, 1.82) is 0 Å². The lowest BCUT2D eigenvalue weighted by molar-refractivity contribution is 0.0518. The molecular weight excluding hydrogens is 370 g/mol. The van der Waals surface area contributed by atoms with Crippen LogP contribution in [0.15, 0.2) is 36.8 Å². The van der Waals surface area contributed by atoms with Gasteiger partial charge in [-0.25, -0.2) is 9.78 Å². The summed E-state index contributed by atoms with van der Waals surface area (Å²) >= 11 is 0. The quantitative estimate of drug-likeness (QED) is 0.701. The Hall–Kier alpha value is -3.23. The number of pyridine rings is 1. The van der Waals surface area contributed by atoms with Gasteiger partial charge in [-0.15, -0.1) is 10.2 Å². The van der Waals surface area contributed by atoms with Crippen molar-refractivity contribution in [1.82, 2.24) is 29.5 Å². The third kappa shape index (κ3) is 3.72. The Balaban J connectivity index is 1.64. The smallest absolute Gasteiger partial charge is 0.407 e. The molecule has 0 aromatic carbocycles. The largest absolute Gasteiger partial charge is 0.465 e. The van der Waals surface area contributed by atoms with Gasteiger partial charge in [0.15, 0.2) is 11.5 Å². The van der Waals surface area contributed by atoms with Crippen molar-refractivity contribution in [2.45, 2.75) is 45.7 Å². The first kappa shape index (κ1) is 19.1. The Morgan fingerprint density at radius 2 is 2.07 bits per heavy atom. The Morgan fingerprint density at radius 1 is 1.24 bits per heavy atom. The van der Waals surface area contributed by atoms with E-state index in [4.69, 9.17) is 0 Å². The van der Waals surface area contributed by atoms with Gasteiger partial charge in [0.1, 0.15) is 11.5 Å². The molecule has 152 valence electrons. The highest BCUT2D eigenvalue weighted by atomic mass is 16.4. The average Bonchev–Trinajstić information content (AvgIpc) is 3.11. The molecule has 1 saturated heterocycles. The molecule has 4 heterocycles. The second-order valence-electron chi connectivity index (χ2n) is 8.42. The van der Waals surface area contributed by atoms with E-state index < -0.39 is 6.09 Å². The van der Waals surface area contributed by atoms with E-state index in [0.717, 1.165) is 18.5 Å². The van der Waals surface area contributed by atoms with Crippen LogP contribution < -0.4 is 5.32 Å². The molecule has 1 amide bonds. The highest BCUT2D eigenvalue weighted by Crippen LogP contribution is 2.33. The van der Waals surface area contributed by atoms with Gasteiger partial charge in [0, 0.05) is 18.8 Å². The molecule has 9 heteroatoms. The summed E-state index contributed by atoms with van der Waals surface area (Å²) in [6.07, 6.45) is 5.98. The normalized spacial score (nSPS) is 20.0. The molecule has 2 atom stereocenters. The first-order valence-electron chi connectivity index (χ1n) is 9.73. The molecule has 0 spiro atoms. The van der Waals surface area contributed by atoms with Crippen LogP contribution in [-0.4, -0.2) is 59.3 Å². The van der Waals surface area contributed by atoms with Gasteiger partial charge in [-0.3, -0.25) is 9.38 Å². The molecule has 0 saturated carbocycles. The molecule has 1 fully saturated rings. The molecule has 1 aliphatic rings. The number of fused-ring (bicyclic) bond motifs is 1. The highest BCUT2D eigenvalue weighted by Gasteiger charge is 2.41. The van der Waals surface area contributed by atoms with Gasteiger partial charge < -0.3 is 15.3 Å². The number of piperidine rings is 1. The number of hydrogen-bond acceptors (Lipinski definition) is 6. The van der Waals surface area contributed by atoms with Crippen LogP contribution in [0.25, 0.3) is 17.2 Å². The third-order valence-electron chi connectivity index (χ3n) is 5.27. The number of carboxylic acid groups (broad SMARTS) is 1. The highest BCUT2D eigenvalue weighted by molar-refractivity contribution is 5.66. The summed E-state index contributed by atoms with van der Waals surface area (Å²) in [6, 6.07) is 5.46. The number of aromatic nitrogens is 5. The van der Waals surface area contributed by atoms with Gasteiger partial charge in [-0.2, -0.15) is 0 Å². The minimum atomic E-state index is -0.883. The van der Waals surface area contributed by atoms with Gasteiger partial charge in [0.25, 0.3) is 0 Å². The maximum atomic E-state index is 11.8. The number of hydrogen-bond donors (Lipinski definition) is 2. The SMILES string of the molecule is CC(C)(C)C1[C@H](Nc2cncc(-c3nnc4ccccn34)n2)CCCN1C(=O)O. The van der Waals surface area contributed by atoms with Crippen LogP contribution in [0.4, 0.5) is 10.6 Å². The Kier molecular flexibility index (Phi) is 4.81. The van der Waals surface area contributed by atoms with E-state index in [1.807, 2.05) is 28.8 Å². The topological polar surface area (TPSA) is 109 Å². The van der Waals surface area contributed by atoms with Crippen LogP contribution in [0.3, 0.4) is 0 Å². The molecule has 9 nitrogen and oxygen atoms in total. The fraction of sp³-hybridized carbons (Fsp3) is 0.450. The second-order valence-corrected chi connectivity index (χ2v) is 8.42. The first-order chi connectivity index (χ1) is 13.8. The lowest BCUT2D eigenvalue weighted by Gasteiger charge is -2.47. The molecule has 0 bridgehead atoms. The number of rotatable bonds is 3. The summed E-state index contributed by atoms with van der Waals surface area (Å²) in [7, 11) is 0. The zero-order chi connectivity index (χ0) is 20.6. The fourth-order valence-corrected chi connectivity index (χ4v) is 4.18. The monoisotopic (exact) mass is 395 g/mol. The maximum Gasteiger partial charge on any atom is 0.407 e. The van der Waals surface area contributed by atoms with E-state index in [0.29, 0.717) is 23.9 Å². The molecule has 1 unspecified atom stereocenters. The number of amides is 1. The van der Waals surface area contributed by atoms with Gasteiger partial charge in [-0.05, 0) is 30.4 Å². The predicted molar refractivity (Wildman–Crippen MR) is 109 cm³/mol.